The standard InChI is InChI=1S/C20H20BrN3OS/c1-13-20(21)14(2)24(22-13)12-15(25)11-23-16-7-3-5-9-18(16)26-19-10-6-4-8-17(19)23/h3-10,15,25H,11-12H2,1-2H3/t15-/m0/s1. The minimum atomic E-state index is -0.538. The van der Waals surface area contributed by atoms with Crippen molar-refractivity contribution in [1.82, 2.24) is 9.78 Å². The van der Waals surface area contributed by atoms with Gasteiger partial charge in [-0.1, -0.05) is 36.0 Å². The van der Waals surface area contributed by atoms with E-state index in [0.29, 0.717) is 13.1 Å². The van der Waals surface area contributed by atoms with Crippen LogP contribution in [0.25, 0.3) is 0 Å². The normalized spacial score (nSPS) is 14.1. The summed E-state index contributed by atoms with van der Waals surface area (Å²) in [7, 11) is 0. The molecule has 0 unspecified atom stereocenters. The van der Waals surface area contributed by atoms with Gasteiger partial charge in [0.15, 0.2) is 0 Å². The lowest BCUT2D eigenvalue weighted by molar-refractivity contribution is 0.156. The number of fused-ring (bicyclic) bond motifs is 2. The van der Waals surface area contributed by atoms with E-state index in [1.165, 1.54) is 9.79 Å². The Morgan fingerprint density at radius 3 is 2.12 bits per heavy atom. The van der Waals surface area contributed by atoms with Crippen LogP contribution >= 0.6 is 27.7 Å². The molecular weight excluding hydrogens is 410 g/mol. The minimum absolute atomic E-state index is 0.465. The van der Waals surface area contributed by atoms with E-state index < -0.39 is 6.10 Å². The van der Waals surface area contributed by atoms with Gasteiger partial charge in [0.25, 0.3) is 0 Å². The number of β-amino-alcohol motifs (C(OH)–C–C–N with tert-alkyl or cyclic N) is 1. The summed E-state index contributed by atoms with van der Waals surface area (Å²) in [5, 5.41) is 15.3. The van der Waals surface area contributed by atoms with E-state index in [-0.39, 0.29) is 0 Å². The molecule has 0 saturated carbocycles. The van der Waals surface area contributed by atoms with Crippen molar-refractivity contribution in [2.24, 2.45) is 0 Å². The molecule has 0 amide bonds. The molecule has 2 heterocycles. The number of hydrogen-bond acceptors (Lipinski definition) is 4. The maximum atomic E-state index is 10.8. The van der Waals surface area contributed by atoms with E-state index in [1.807, 2.05) is 30.7 Å². The zero-order valence-corrected chi connectivity index (χ0v) is 17.1. The number of hydrogen-bond donors (Lipinski definition) is 1. The number of aryl methyl sites for hydroxylation is 1. The third-order valence-corrected chi connectivity index (χ3v) is 6.88. The summed E-state index contributed by atoms with van der Waals surface area (Å²) in [6.45, 7) is 4.96. The Balaban J connectivity index is 1.62. The zero-order valence-electron chi connectivity index (χ0n) is 14.7. The van der Waals surface area contributed by atoms with Gasteiger partial charge in [-0.15, -0.1) is 0 Å². The molecule has 3 aromatic rings. The summed E-state index contributed by atoms with van der Waals surface area (Å²) in [6.07, 6.45) is -0.538. The molecule has 26 heavy (non-hydrogen) atoms. The van der Waals surface area contributed by atoms with E-state index in [0.717, 1.165) is 27.2 Å². The molecule has 134 valence electrons. The highest BCUT2D eigenvalue weighted by Gasteiger charge is 2.25. The van der Waals surface area contributed by atoms with E-state index in [4.69, 9.17) is 0 Å². The fraction of sp³-hybridized carbons (Fsp3) is 0.250. The Kier molecular flexibility index (Phi) is 4.82. The second-order valence-corrected chi connectivity index (χ2v) is 8.35. The molecule has 0 saturated heterocycles. The number of nitrogens with zero attached hydrogens (tertiary/aromatic N) is 3. The van der Waals surface area contributed by atoms with Gasteiger partial charge < -0.3 is 10.0 Å². The third kappa shape index (κ3) is 3.17. The predicted molar refractivity (Wildman–Crippen MR) is 109 cm³/mol. The van der Waals surface area contributed by atoms with Crippen LogP contribution in [0.2, 0.25) is 0 Å². The summed E-state index contributed by atoms with van der Waals surface area (Å²) >= 11 is 5.33. The van der Waals surface area contributed by atoms with Crippen LogP contribution in [-0.4, -0.2) is 27.5 Å². The molecular formula is C20H20BrN3OS. The molecule has 4 rings (SSSR count). The highest BCUT2D eigenvalue weighted by atomic mass is 79.9. The Morgan fingerprint density at radius 2 is 1.58 bits per heavy atom. The van der Waals surface area contributed by atoms with Gasteiger partial charge in [0.2, 0.25) is 0 Å². The maximum Gasteiger partial charge on any atom is 0.0914 e. The van der Waals surface area contributed by atoms with Crippen LogP contribution in [0.15, 0.2) is 62.8 Å². The molecule has 0 radical (unpaired) electrons. The molecule has 6 heteroatoms. The summed E-state index contributed by atoms with van der Waals surface area (Å²) in [5.41, 5.74) is 4.27. The van der Waals surface area contributed by atoms with E-state index in [9.17, 15) is 5.11 Å². The predicted octanol–water partition coefficient (Wildman–Crippen LogP) is 4.93. The fourth-order valence-corrected chi connectivity index (χ4v) is 4.68. The van der Waals surface area contributed by atoms with Crippen LogP contribution in [0.3, 0.4) is 0 Å². The van der Waals surface area contributed by atoms with Crippen molar-refractivity contribution in [3.8, 4) is 0 Å². The van der Waals surface area contributed by atoms with E-state index >= 15 is 0 Å². The lowest BCUT2D eigenvalue weighted by Gasteiger charge is -2.34. The lowest BCUT2D eigenvalue weighted by atomic mass is 10.2. The largest absolute Gasteiger partial charge is 0.389 e. The number of para-hydroxylation sites is 2. The SMILES string of the molecule is Cc1nn(C[C@@H](O)CN2c3ccccc3Sc3ccccc32)c(C)c1Br. The van der Waals surface area contributed by atoms with E-state index in [2.05, 4.69) is 62.3 Å². The summed E-state index contributed by atoms with van der Waals surface area (Å²) in [6, 6.07) is 16.7. The summed E-state index contributed by atoms with van der Waals surface area (Å²) in [5.74, 6) is 0. The van der Waals surface area contributed by atoms with Gasteiger partial charge in [-0.2, -0.15) is 5.10 Å². The van der Waals surface area contributed by atoms with Gasteiger partial charge in [-0.3, -0.25) is 4.68 Å². The quantitative estimate of drug-likeness (QED) is 0.638. The van der Waals surface area contributed by atoms with Gasteiger partial charge in [0.1, 0.15) is 0 Å². The van der Waals surface area contributed by atoms with Gasteiger partial charge in [0, 0.05) is 15.5 Å². The number of aromatic nitrogens is 2. The summed E-state index contributed by atoms with van der Waals surface area (Å²) in [4.78, 5) is 4.64. The maximum absolute atomic E-state index is 10.8. The van der Waals surface area contributed by atoms with Gasteiger partial charge >= 0.3 is 0 Å². The van der Waals surface area contributed by atoms with Crippen molar-refractivity contribution in [2.75, 3.05) is 11.4 Å². The molecule has 0 bridgehead atoms. The Morgan fingerprint density at radius 1 is 1.00 bits per heavy atom. The molecule has 2 aromatic carbocycles. The highest BCUT2D eigenvalue weighted by Crippen LogP contribution is 2.47. The Labute approximate surface area is 166 Å². The molecule has 1 aliphatic rings. The van der Waals surface area contributed by atoms with Crippen LogP contribution in [0, 0.1) is 13.8 Å². The van der Waals surface area contributed by atoms with Crippen LogP contribution < -0.4 is 4.90 Å². The first-order valence-corrected chi connectivity index (χ1v) is 10.2. The summed E-state index contributed by atoms with van der Waals surface area (Å²) < 4.78 is 2.88. The van der Waals surface area contributed by atoms with Crippen LogP contribution in [0.5, 0.6) is 0 Å². The van der Waals surface area contributed by atoms with Crippen LogP contribution in [0.4, 0.5) is 11.4 Å². The molecule has 1 aliphatic heterocycles. The first kappa shape index (κ1) is 17.6. The smallest absolute Gasteiger partial charge is 0.0914 e. The highest BCUT2D eigenvalue weighted by molar-refractivity contribution is 9.10. The molecule has 0 aliphatic carbocycles. The number of benzene rings is 2. The van der Waals surface area contributed by atoms with Crippen molar-refractivity contribution in [3.63, 3.8) is 0 Å². The molecule has 1 aromatic heterocycles. The Bertz CT molecular complexity index is 910. The average molecular weight is 430 g/mol. The first-order chi connectivity index (χ1) is 12.5. The van der Waals surface area contributed by atoms with Crippen molar-refractivity contribution in [2.45, 2.75) is 36.3 Å². The molecule has 1 atom stereocenters. The molecule has 0 fully saturated rings. The van der Waals surface area contributed by atoms with E-state index in [1.54, 1.807) is 11.8 Å². The second-order valence-electron chi connectivity index (χ2n) is 6.47. The van der Waals surface area contributed by atoms with Crippen molar-refractivity contribution < 1.29 is 5.11 Å². The fourth-order valence-electron chi connectivity index (χ4n) is 3.30. The zero-order chi connectivity index (χ0) is 18.3. The van der Waals surface area contributed by atoms with Crippen molar-refractivity contribution >= 4 is 39.1 Å². The lowest BCUT2D eigenvalue weighted by Crippen LogP contribution is -2.33. The number of halogens is 1. The molecule has 4 nitrogen and oxygen atoms in total. The molecule has 0 spiro atoms. The second kappa shape index (κ2) is 7.10. The number of aliphatic hydroxyl groups excluding tert-OH is 1. The minimum Gasteiger partial charge on any atom is -0.389 e. The van der Waals surface area contributed by atoms with Gasteiger partial charge in [-0.25, -0.2) is 0 Å². The topological polar surface area (TPSA) is 41.3 Å². The van der Waals surface area contributed by atoms with Crippen LogP contribution in [0.1, 0.15) is 11.4 Å². The first-order valence-electron chi connectivity index (χ1n) is 8.55. The number of anilines is 2. The average Bonchev–Trinajstić information content (AvgIpc) is 2.88. The van der Waals surface area contributed by atoms with Gasteiger partial charge in [0.05, 0.1) is 40.7 Å². The number of aliphatic hydroxyl groups is 1. The molecule has 1 N–H and O–H groups in total. The number of rotatable bonds is 4. The van der Waals surface area contributed by atoms with Crippen molar-refractivity contribution in [1.29, 1.82) is 0 Å². The van der Waals surface area contributed by atoms with Gasteiger partial charge in [-0.05, 0) is 54.0 Å². The van der Waals surface area contributed by atoms with Crippen LogP contribution in [-0.2, 0) is 6.54 Å². The van der Waals surface area contributed by atoms with Crippen molar-refractivity contribution in [3.05, 3.63) is 64.4 Å². The third-order valence-electron chi connectivity index (χ3n) is 4.60. The Hall–Kier alpha value is -1.76. The monoisotopic (exact) mass is 429 g/mol.